The molecule has 18 heavy (non-hydrogen) atoms. The lowest BCUT2D eigenvalue weighted by Crippen LogP contribution is -2.31. The van der Waals surface area contributed by atoms with Crippen LogP contribution in [-0.2, 0) is 9.53 Å². The van der Waals surface area contributed by atoms with Crippen molar-refractivity contribution in [3.63, 3.8) is 0 Å². The molecular weight excluding hydrogens is 231 g/mol. The summed E-state index contributed by atoms with van der Waals surface area (Å²) in [6.07, 6.45) is 2.34. The highest BCUT2D eigenvalue weighted by atomic mass is 16.5. The van der Waals surface area contributed by atoms with Gasteiger partial charge >= 0.3 is 5.97 Å². The Morgan fingerprint density at radius 1 is 1.67 bits per heavy atom. The quantitative estimate of drug-likeness (QED) is 0.568. The van der Waals surface area contributed by atoms with Gasteiger partial charge in [-0.05, 0) is 24.1 Å². The van der Waals surface area contributed by atoms with Crippen LogP contribution in [0.4, 0.5) is 0 Å². The molecule has 94 valence electrons. The van der Waals surface area contributed by atoms with Crippen LogP contribution in [0.15, 0.2) is 18.3 Å². The van der Waals surface area contributed by atoms with E-state index in [1.807, 2.05) is 0 Å². The predicted molar refractivity (Wildman–Crippen MR) is 67.0 cm³/mol. The van der Waals surface area contributed by atoms with Crippen LogP contribution in [0.5, 0.6) is 5.75 Å². The number of carbonyl (C=O) groups is 1. The minimum atomic E-state index is -0.217. The van der Waals surface area contributed by atoms with E-state index < -0.39 is 0 Å². The number of hydrogen-bond donors (Lipinski definition) is 1. The second kappa shape index (κ2) is 5.86. The molecule has 0 aromatic carbocycles. The third kappa shape index (κ3) is 3.23. The fourth-order valence-electron chi connectivity index (χ4n) is 1.99. The van der Waals surface area contributed by atoms with Gasteiger partial charge in [0.15, 0.2) is 0 Å². The molecule has 0 spiro atoms. The smallest absolute Gasteiger partial charge is 0.322 e. The summed E-state index contributed by atoms with van der Waals surface area (Å²) in [7, 11) is 6.95. The highest BCUT2D eigenvalue weighted by molar-refractivity contribution is 6.30. The van der Waals surface area contributed by atoms with Gasteiger partial charge in [-0.3, -0.25) is 9.78 Å². The van der Waals surface area contributed by atoms with Crippen molar-refractivity contribution in [2.24, 2.45) is 5.92 Å². The number of carbonyl (C=O) groups excluding carboxylic acids is 1. The number of aromatic nitrogens is 1. The number of esters is 1. The van der Waals surface area contributed by atoms with E-state index in [0.717, 1.165) is 13.0 Å². The molecule has 2 rings (SSSR count). The molecule has 1 N–H and O–H groups in total. The van der Waals surface area contributed by atoms with E-state index in [0.29, 0.717) is 23.9 Å². The summed E-state index contributed by atoms with van der Waals surface area (Å²) in [5.41, 5.74) is 0.435. The van der Waals surface area contributed by atoms with E-state index in [1.54, 1.807) is 18.3 Å². The average Bonchev–Trinajstić information content (AvgIpc) is 2.84. The number of nitrogens with zero attached hydrogens (tertiary/aromatic N) is 1. The van der Waals surface area contributed by atoms with E-state index in [2.05, 4.69) is 10.3 Å². The molecule has 6 heteroatoms. The Labute approximate surface area is 107 Å². The first kappa shape index (κ1) is 12.9. The molecule has 2 radical (unpaired) electrons. The normalized spacial score (nSPS) is 22.7. The number of pyridine rings is 1. The van der Waals surface area contributed by atoms with Crippen molar-refractivity contribution in [3.8, 4) is 5.75 Å². The minimum absolute atomic E-state index is 0.217. The molecular formula is C12H15BN2O3. The van der Waals surface area contributed by atoms with Crippen LogP contribution in [0.25, 0.3) is 0 Å². The Balaban J connectivity index is 1.80. The number of rotatable bonds is 4. The van der Waals surface area contributed by atoms with Gasteiger partial charge in [0, 0.05) is 18.7 Å². The van der Waals surface area contributed by atoms with Crippen molar-refractivity contribution in [2.75, 3.05) is 20.3 Å². The van der Waals surface area contributed by atoms with Gasteiger partial charge in [0.05, 0.1) is 13.7 Å². The number of nitrogens with one attached hydrogen (secondary N) is 1. The molecule has 1 saturated heterocycles. The summed E-state index contributed by atoms with van der Waals surface area (Å²) >= 11 is 0. The zero-order valence-corrected chi connectivity index (χ0v) is 10.3. The standard InChI is InChI=1S/C12H15BN2O3/c1-17-12(16)10-4-8(6-15-10)7-18-9-2-3-14-11(13)5-9/h2-3,5,8,10,15H,4,6-7H2,1H3/t8-,10+/m1/s1. The van der Waals surface area contributed by atoms with Gasteiger partial charge in [-0.2, -0.15) is 0 Å². The van der Waals surface area contributed by atoms with Crippen molar-refractivity contribution in [1.29, 1.82) is 0 Å². The first-order valence-corrected chi connectivity index (χ1v) is 5.84. The molecule has 0 bridgehead atoms. The van der Waals surface area contributed by atoms with Crippen molar-refractivity contribution in [1.82, 2.24) is 10.3 Å². The molecule has 1 fully saturated rings. The summed E-state index contributed by atoms with van der Waals surface area (Å²) < 4.78 is 10.3. The van der Waals surface area contributed by atoms with Gasteiger partial charge in [0.2, 0.25) is 0 Å². The third-order valence-electron chi connectivity index (χ3n) is 2.95. The van der Waals surface area contributed by atoms with Crippen LogP contribution in [0.2, 0.25) is 0 Å². The highest BCUT2D eigenvalue weighted by Crippen LogP contribution is 2.17. The highest BCUT2D eigenvalue weighted by Gasteiger charge is 2.30. The van der Waals surface area contributed by atoms with Crippen molar-refractivity contribution in [3.05, 3.63) is 18.3 Å². The van der Waals surface area contributed by atoms with Crippen LogP contribution in [0, 0.1) is 5.92 Å². The summed E-state index contributed by atoms with van der Waals surface area (Å²) in [4.78, 5) is 15.2. The van der Waals surface area contributed by atoms with Gasteiger partial charge in [0.25, 0.3) is 0 Å². The molecule has 1 aromatic rings. The molecule has 2 heterocycles. The maximum atomic E-state index is 11.3. The van der Waals surface area contributed by atoms with Crippen molar-refractivity contribution >= 4 is 19.4 Å². The summed E-state index contributed by atoms with van der Waals surface area (Å²) in [6.45, 7) is 1.30. The van der Waals surface area contributed by atoms with Crippen LogP contribution in [0.3, 0.4) is 0 Å². The average molecular weight is 246 g/mol. The number of ether oxygens (including phenoxy) is 2. The molecule has 0 saturated carbocycles. The SMILES string of the molecule is [B]c1cc(OC[C@H]2CN[C@H](C(=O)OC)C2)ccn1. The molecule has 1 aliphatic heterocycles. The molecule has 0 aliphatic carbocycles. The fraction of sp³-hybridized carbons (Fsp3) is 0.500. The second-order valence-corrected chi connectivity index (χ2v) is 4.31. The van der Waals surface area contributed by atoms with Crippen LogP contribution in [-0.4, -0.2) is 45.1 Å². The van der Waals surface area contributed by atoms with Crippen molar-refractivity contribution in [2.45, 2.75) is 12.5 Å². The second-order valence-electron chi connectivity index (χ2n) is 4.31. The topological polar surface area (TPSA) is 60.5 Å². The van der Waals surface area contributed by atoms with E-state index in [-0.39, 0.29) is 12.0 Å². The largest absolute Gasteiger partial charge is 0.493 e. The molecule has 2 atom stereocenters. The minimum Gasteiger partial charge on any atom is -0.493 e. The van der Waals surface area contributed by atoms with Gasteiger partial charge < -0.3 is 14.8 Å². The molecule has 1 aromatic heterocycles. The molecule has 0 amide bonds. The summed E-state index contributed by atoms with van der Waals surface area (Å²) in [5, 5.41) is 3.11. The first-order chi connectivity index (χ1) is 8.69. The first-order valence-electron chi connectivity index (χ1n) is 5.84. The Kier molecular flexibility index (Phi) is 4.20. The Bertz CT molecular complexity index is 428. The molecule has 0 unspecified atom stereocenters. The predicted octanol–water partition coefficient (Wildman–Crippen LogP) is -0.595. The lowest BCUT2D eigenvalue weighted by molar-refractivity contribution is -0.142. The van der Waals surface area contributed by atoms with Crippen LogP contribution >= 0.6 is 0 Å². The van der Waals surface area contributed by atoms with Crippen molar-refractivity contribution < 1.29 is 14.3 Å². The van der Waals surface area contributed by atoms with Crippen LogP contribution in [0.1, 0.15) is 6.42 Å². The zero-order chi connectivity index (χ0) is 13.0. The number of methoxy groups -OCH3 is 1. The van der Waals surface area contributed by atoms with Crippen LogP contribution < -0.4 is 15.6 Å². The van der Waals surface area contributed by atoms with E-state index in [9.17, 15) is 4.79 Å². The molecule has 1 aliphatic rings. The number of hydrogen-bond acceptors (Lipinski definition) is 5. The monoisotopic (exact) mass is 246 g/mol. The maximum Gasteiger partial charge on any atom is 0.322 e. The van der Waals surface area contributed by atoms with E-state index in [1.165, 1.54) is 7.11 Å². The van der Waals surface area contributed by atoms with Gasteiger partial charge in [-0.25, -0.2) is 0 Å². The van der Waals surface area contributed by atoms with Gasteiger partial charge in [0.1, 0.15) is 19.6 Å². The molecule has 5 nitrogen and oxygen atoms in total. The fourth-order valence-corrected chi connectivity index (χ4v) is 1.99. The maximum absolute atomic E-state index is 11.3. The zero-order valence-electron chi connectivity index (χ0n) is 10.3. The third-order valence-corrected chi connectivity index (χ3v) is 2.95. The summed E-state index contributed by atoms with van der Waals surface area (Å²) in [5.74, 6) is 0.776. The lowest BCUT2D eigenvalue weighted by Gasteiger charge is -2.11. The Hall–Kier alpha value is -1.56. The Morgan fingerprint density at radius 2 is 2.50 bits per heavy atom. The van der Waals surface area contributed by atoms with E-state index in [4.69, 9.17) is 17.3 Å². The van der Waals surface area contributed by atoms with E-state index >= 15 is 0 Å². The lowest BCUT2D eigenvalue weighted by atomic mass is 10.0. The Morgan fingerprint density at radius 3 is 3.22 bits per heavy atom. The van der Waals surface area contributed by atoms with Gasteiger partial charge in [-0.1, -0.05) is 0 Å². The van der Waals surface area contributed by atoms with Gasteiger partial charge in [-0.15, -0.1) is 0 Å². The summed E-state index contributed by atoms with van der Waals surface area (Å²) in [6, 6.07) is 3.22.